The quantitative estimate of drug-likeness (QED) is 0.195. The fourth-order valence-corrected chi connectivity index (χ4v) is 5.48. The van der Waals surface area contributed by atoms with Gasteiger partial charge in [-0.25, -0.2) is 18.5 Å². The van der Waals surface area contributed by atoms with Crippen LogP contribution in [0.5, 0.6) is 0 Å². The number of nitrogen functional groups attached to an aromatic ring is 1. The van der Waals surface area contributed by atoms with E-state index in [0.717, 1.165) is 17.7 Å². The predicted molar refractivity (Wildman–Crippen MR) is 93.3 cm³/mol. The largest absolute Gasteiger partial charge is 0.490 e. The molecule has 2 heterocycles. The minimum absolute atomic E-state index is 0.126. The van der Waals surface area contributed by atoms with Crippen LogP contribution in [-0.4, -0.2) is 63.8 Å². The van der Waals surface area contributed by atoms with E-state index in [0.29, 0.717) is 0 Å². The highest BCUT2D eigenvalue weighted by molar-refractivity contribution is 7.66. The Labute approximate surface area is 167 Å². The first kappa shape index (κ1) is 25.2. The van der Waals surface area contributed by atoms with Crippen molar-refractivity contribution < 1.29 is 61.4 Å². The van der Waals surface area contributed by atoms with Gasteiger partial charge in [-0.3, -0.25) is 9.09 Å². The molecule has 17 nitrogen and oxygen atoms in total. The van der Waals surface area contributed by atoms with Crippen LogP contribution in [0.25, 0.3) is 0 Å². The molecule has 6 atom stereocenters. The summed E-state index contributed by atoms with van der Waals surface area (Å²) >= 11 is 0. The maximum Gasteiger partial charge on any atom is 0.490 e. The zero-order chi connectivity index (χ0) is 23.1. The third-order valence-corrected chi connectivity index (χ3v) is 7.48. The van der Waals surface area contributed by atoms with Crippen molar-refractivity contribution in [3.05, 3.63) is 22.7 Å². The second-order valence-electron chi connectivity index (χ2n) is 6.13. The number of ether oxygens (including phenoxy) is 1. The zero-order valence-electron chi connectivity index (χ0n) is 14.9. The highest BCUT2D eigenvalue weighted by Gasteiger charge is 2.54. The molecule has 1 aromatic heterocycles. The molecule has 0 aliphatic carbocycles. The van der Waals surface area contributed by atoms with Gasteiger partial charge in [-0.15, -0.1) is 0 Å². The SMILES string of the molecule is C[C@@]1(O)C(O)[C@@H](COP(=O)(O)OP(=O)(O)OP(=O)(O)O)O[C@H]1n1ccc(N)nc1=O. The molecule has 0 amide bonds. The van der Waals surface area contributed by atoms with E-state index in [2.05, 4.69) is 18.1 Å². The van der Waals surface area contributed by atoms with Gasteiger partial charge in [-0.05, 0) is 13.0 Å². The molecule has 30 heavy (non-hydrogen) atoms. The fraction of sp³-hybridized carbons (Fsp3) is 0.600. The molecule has 172 valence electrons. The maximum atomic E-state index is 11.9. The van der Waals surface area contributed by atoms with Crippen LogP contribution in [0.2, 0.25) is 0 Å². The van der Waals surface area contributed by atoms with Crippen LogP contribution < -0.4 is 11.4 Å². The van der Waals surface area contributed by atoms with Crippen molar-refractivity contribution in [2.24, 2.45) is 0 Å². The van der Waals surface area contributed by atoms with Crippen LogP contribution in [0.15, 0.2) is 17.1 Å². The molecule has 1 aliphatic rings. The monoisotopic (exact) mass is 497 g/mol. The minimum atomic E-state index is -5.73. The van der Waals surface area contributed by atoms with Gasteiger partial charge in [0.25, 0.3) is 0 Å². The van der Waals surface area contributed by atoms with E-state index >= 15 is 0 Å². The Bertz CT molecular complexity index is 990. The van der Waals surface area contributed by atoms with Crippen LogP contribution in [0.1, 0.15) is 13.2 Å². The Hall–Kier alpha value is -1.03. The van der Waals surface area contributed by atoms with Gasteiger partial charge in [0, 0.05) is 6.20 Å². The summed E-state index contributed by atoms with van der Waals surface area (Å²) in [6.07, 6.45) is -3.80. The zero-order valence-corrected chi connectivity index (χ0v) is 17.5. The van der Waals surface area contributed by atoms with Crippen LogP contribution in [0.3, 0.4) is 0 Å². The van der Waals surface area contributed by atoms with Crippen molar-refractivity contribution in [1.82, 2.24) is 9.55 Å². The lowest BCUT2D eigenvalue weighted by Gasteiger charge is -2.27. The average Bonchev–Trinajstić information content (AvgIpc) is 2.73. The summed E-state index contributed by atoms with van der Waals surface area (Å²) in [7, 11) is -16.8. The molecule has 8 N–H and O–H groups in total. The summed E-state index contributed by atoms with van der Waals surface area (Å²) < 4.78 is 51.1. The van der Waals surface area contributed by atoms with Gasteiger partial charge < -0.3 is 40.3 Å². The number of rotatable bonds is 8. The molecular weight excluding hydrogens is 479 g/mol. The van der Waals surface area contributed by atoms with Crippen molar-refractivity contribution in [3.63, 3.8) is 0 Å². The topological polar surface area (TPSA) is 270 Å². The standard InChI is InChI=1S/C10H18N3O14P3/c1-10(16)7(14)5(25-8(10)13-3-2-6(11)12-9(13)15)4-24-29(20,21)27-30(22,23)26-28(17,18)19/h2-3,5,7-8,14,16H,4H2,1H3,(H,20,21)(H,22,23)(H2,11,12,15)(H2,17,18,19)/t5-,7?,8-,10-/m1/s1. The van der Waals surface area contributed by atoms with Crippen LogP contribution in [0.4, 0.5) is 5.82 Å². The van der Waals surface area contributed by atoms with Crippen LogP contribution in [0, 0.1) is 0 Å². The summed E-state index contributed by atoms with van der Waals surface area (Å²) in [5, 5.41) is 20.7. The minimum Gasteiger partial charge on any atom is -0.387 e. The smallest absolute Gasteiger partial charge is 0.387 e. The third-order valence-electron chi connectivity index (χ3n) is 3.68. The van der Waals surface area contributed by atoms with Gasteiger partial charge in [-0.2, -0.15) is 13.6 Å². The summed E-state index contributed by atoms with van der Waals surface area (Å²) in [5.41, 5.74) is 2.28. The summed E-state index contributed by atoms with van der Waals surface area (Å²) in [4.78, 5) is 50.8. The number of aromatic nitrogens is 2. The van der Waals surface area contributed by atoms with Crippen LogP contribution in [-0.2, 0) is 31.6 Å². The third kappa shape index (κ3) is 6.24. The molecule has 0 bridgehead atoms. The number of hydrogen-bond acceptors (Lipinski definition) is 12. The molecule has 0 spiro atoms. The number of anilines is 1. The first-order valence-corrected chi connectivity index (χ1v) is 12.1. The Kier molecular flexibility index (Phi) is 7.14. The molecule has 0 radical (unpaired) electrons. The Morgan fingerprint density at radius 1 is 1.23 bits per heavy atom. The number of phosphoric acid groups is 3. The van der Waals surface area contributed by atoms with E-state index in [1.54, 1.807) is 0 Å². The highest BCUT2D eigenvalue weighted by Crippen LogP contribution is 2.66. The second kappa shape index (κ2) is 8.48. The Morgan fingerprint density at radius 3 is 2.37 bits per heavy atom. The molecule has 1 aromatic rings. The van der Waals surface area contributed by atoms with E-state index in [9.17, 15) is 33.6 Å². The van der Waals surface area contributed by atoms with E-state index < -0.39 is 59.8 Å². The first-order chi connectivity index (χ1) is 13.4. The first-order valence-electron chi connectivity index (χ1n) is 7.62. The lowest BCUT2D eigenvalue weighted by atomic mass is 9.96. The average molecular weight is 497 g/mol. The number of nitrogens with zero attached hydrogens (tertiary/aromatic N) is 2. The van der Waals surface area contributed by atoms with Crippen LogP contribution >= 0.6 is 23.5 Å². The molecule has 1 fully saturated rings. The molecule has 3 unspecified atom stereocenters. The van der Waals surface area contributed by atoms with Gasteiger partial charge >= 0.3 is 29.2 Å². The van der Waals surface area contributed by atoms with Crippen molar-refractivity contribution >= 4 is 29.3 Å². The van der Waals surface area contributed by atoms with E-state index in [4.69, 9.17) is 25.2 Å². The molecular formula is C10H18N3O14P3. The maximum absolute atomic E-state index is 11.9. The number of hydrogen-bond donors (Lipinski definition) is 7. The molecule has 0 aromatic carbocycles. The number of nitrogens with two attached hydrogens (primary N) is 1. The molecule has 2 rings (SSSR count). The number of aliphatic hydroxyl groups is 2. The number of aliphatic hydroxyl groups excluding tert-OH is 1. The molecule has 1 saturated heterocycles. The van der Waals surface area contributed by atoms with Gasteiger partial charge in [-0.1, -0.05) is 0 Å². The van der Waals surface area contributed by atoms with Gasteiger partial charge in [0.05, 0.1) is 6.61 Å². The molecule has 20 heteroatoms. The van der Waals surface area contributed by atoms with Crippen molar-refractivity contribution in [1.29, 1.82) is 0 Å². The molecule has 1 aliphatic heterocycles. The summed E-state index contributed by atoms with van der Waals surface area (Å²) in [5.74, 6) is -0.126. The summed E-state index contributed by atoms with van der Waals surface area (Å²) in [6.45, 7) is 0.0462. The second-order valence-corrected chi connectivity index (χ2v) is 10.5. The lowest BCUT2D eigenvalue weighted by molar-refractivity contribution is -0.0985. The lowest BCUT2D eigenvalue weighted by Crippen LogP contribution is -2.46. The summed E-state index contributed by atoms with van der Waals surface area (Å²) in [6, 6.07) is 1.20. The fourth-order valence-electron chi connectivity index (χ4n) is 2.45. The molecule has 0 saturated carbocycles. The predicted octanol–water partition coefficient (Wildman–Crippen LogP) is -1.82. The van der Waals surface area contributed by atoms with Crippen molar-refractivity contribution in [2.45, 2.75) is 31.0 Å². The van der Waals surface area contributed by atoms with Crippen molar-refractivity contribution in [3.8, 4) is 0 Å². The van der Waals surface area contributed by atoms with E-state index in [1.807, 2.05) is 0 Å². The van der Waals surface area contributed by atoms with Gasteiger partial charge in [0.15, 0.2) is 6.23 Å². The Morgan fingerprint density at radius 2 is 1.83 bits per heavy atom. The van der Waals surface area contributed by atoms with E-state index in [1.165, 1.54) is 6.07 Å². The Balaban J connectivity index is 2.12. The van der Waals surface area contributed by atoms with Crippen molar-refractivity contribution in [2.75, 3.05) is 12.3 Å². The van der Waals surface area contributed by atoms with E-state index in [-0.39, 0.29) is 5.82 Å². The normalized spacial score (nSPS) is 31.2. The van der Waals surface area contributed by atoms with Gasteiger partial charge in [0.1, 0.15) is 23.6 Å². The highest BCUT2D eigenvalue weighted by atomic mass is 31.3. The number of phosphoric ester groups is 1. The van der Waals surface area contributed by atoms with Gasteiger partial charge in [0.2, 0.25) is 0 Å².